The number of alkyl halides is 3. The van der Waals surface area contributed by atoms with Gasteiger partial charge in [0.05, 0.1) is 17.5 Å². The van der Waals surface area contributed by atoms with Crippen LogP contribution in [-0.4, -0.2) is 14.6 Å². The fraction of sp³-hybridized carbons (Fsp3) is 0.250. The van der Waals surface area contributed by atoms with Crippen molar-refractivity contribution < 1.29 is 13.2 Å². The third kappa shape index (κ3) is 2.57. The van der Waals surface area contributed by atoms with E-state index in [1.165, 1.54) is 22.8 Å². The Bertz CT molecular complexity index is 897. The van der Waals surface area contributed by atoms with E-state index < -0.39 is 11.7 Å². The second-order valence-corrected chi connectivity index (χ2v) is 6.02. The summed E-state index contributed by atoms with van der Waals surface area (Å²) in [5, 5.41) is 4.44. The first-order chi connectivity index (χ1) is 10.9. The molecule has 0 radical (unpaired) electrons. The van der Waals surface area contributed by atoms with Crippen molar-refractivity contribution in [3.63, 3.8) is 0 Å². The van der Waals surface area contributed by atoms with Crippen molar-refractivity contribution in [2.24, 2.45) is 0 Å². The number of nitrogens with zero attached hydrogens (tertiary/aromatic N) is 3. The summed E-state index contributed by atoms with van der Waals surface area (Å²) in [7, 11) is 0. The maximum absolute atomic E-state index is 13.2. The first-order valence-corrected chi connectivity index (χ1v) is 7.54. The highest BCUT2D eigenvalue weighted by Crippen LogP contribution is 2.43. The molecule has 1 saturated carbocycles. The zero-order chi connectivity index (χ0) is 16.2. The van der Waals surface area contributed by atoms with Crippen LogP contribution < -0.4 is 0 Å². The summed E-state index contributed by atoms with van der Waals surface area (Å²) in [6.07, 6.45) is -0.858. The topological polar surface area (TPSA) is 30.2 Å². The van der Waals surface area contributed by atoms with Crippen LogP contribution in [0.25, 0.3) is 16.9 Å². The average Bonchev–Trinajstić information content (AvgIpc) is 3.25. The lowest BCUT2D eigenvalue weighted by atomic mass is 10.0. The van der Waals surface area contributed by atoms with Crippen molar-refractivity contribution in [2.75, 3.05) is 0 Å². The Hall–Kier alpha value is -2.08. The predicted octanol–water partition coefficient (Wildman–Crippen LogP) is 4.95. The monoisotopic (exact) mass is 337 g/mol. The second-order valence-electron chi connectivity index (χ2n) is 5.63. The normalized spacial score (nSPS) is 15.3. The molecule has 0 saturated heterocycles. The number of aromatic nitrogens is 3. The molecule has 1 fully saturated rings. The number of hydrogen-bond donors (Lipinski definition) is 0. The summed E-state index contributed by atoms with van der Waals surface area (Å²) in [6, 6.07) is 7.16. The molecule has 0 bridgehead atoms. The van der Waals surface area contributed by atoms with Crippen LogP contribution in [0.1, 0.15) is 29.9 Å². The van der Waals surface area contributed by atoms with E-state index in [1.54, 1.807) is 12.1 Å². The SMILES string of the molecule is FC(F)(F)c1ccccc1-c1cn2nc(Cl)cc(C3CC3)c2n1. The molecule has 1 aromatic carbocycles. The summed E-state index contributed by atoms with van der Waals surface area (Å²) in [4.78, 5) is 4.40. The Morgan fingerprint density at radius 2 is 1.91 bits per heavy atom. The van der Waals surface area contributed by atoms with Crippen LogP contribution >= 0.6 is 11.6 Å². The Kier molecular flexibility index (Phi) is 3.13. The molecule has 7 heteroatoms. The molecule has 0 amide bonds. The summed E-state index contributed by atoms with van der Waals surface area (Å²) < 4.78 is 41.1. The average molecular weight is 338 g/mol. The van der Waals surface area contributed by atoms with Gasteiger partial charge in [0.15, 0.2) is 5.65 Å². The lowest BCUT2D eigenvalue weighted by Crippen LogP contribution is -2.06. The number of hydrogen-bond acceptors (Lipinski definition) is 2. The van der Waals surface area contributed by atoms with Crippen LogP contribution in [0.2, 0.25) is 5.15 Å². The molecule has 23 heavy (non-hydrogen) atoms. The van der Waals surface area contributed by atoms with Gasteiger partial charge in [0.25, 0.3) is 0 Å². The molecule has 3 aromatic rings. The summed E-state index contributed by atoms with van der Waals surface area (Å²) in [5.74, 6) is 0.367. The molecule has 2 aromatic heterocycles. The van der Waals surface area contributed by atoms with Crippen molar-refractivity contribution in [2.45, 2.75) is 24.9 Å². The van der Waals surface area contributed by atoms with Crippen molar-refractivity contribution in [3.8, 4) is 11.3 Å². The van der Waals surface area contributed by atoms with Crippen molar-refractivity contribution in [1.29, 1.82) is 0 Å². The van der Waals surface area contributed by atoms with Gasteiger partial charge in [-0.05, 0) is 30.9 Å². The van der Waals surface area contributed by atoms with E-state index in [9.17, 15) is 13.2 Å². The van der Waals surface area contributed by atoms with Gasteiger partial charge in [0.2, 0.25) is 0 Å². The Morgan fingerprint density at radius 3 is 2.61 bits per heavy atom. The fourth-order valence-corrected chi connectivity index (χ4v) is 2.95. The van der Waals surface area contributed by atoms with E-state index in [0.717, 1.165) is 24.5 Å². The van der Waals surface area contributed by atoms with E-state index in [4.69, 9.17) is 11.6 Å². The van der Waals surface area contributed by atoms with Crippen LogP contribution in [0.15, 0.2) is 36.5 Å². The highest BCUT2D eigenvalue weighted by Gasteiger charge is 2.34. The smallest absolute Gasteiger partial charge is 0.227 e. The number of benzene rings is 1. The van der Waals surface area contributed by atoms with Crippen molar-refractivity contribution in [3.05, 3.63) is 52.8 Å². The van der Waals surface area contributed by atoms with Gasteiger partial charge < -0.3 is 0 Å². The molecule has 0 N–H and O–H groups in total. The largest absolute Gasteiger partial charge is 0.417 e. The Balaban J connectivity index is 1.93. The van der Waals surface area contributed by atoms with Gasteiger partial charge >= 0.3 is 6.18 Å². The summed E-state index contributed by atoms with van der Waals surface area (Å²) in [6.45, 7) is 0. The lowest BCUT2D eigenvalue weighted by molar-refractivity contribution is -0.137. The number of rotatable bonds is 2. The summed E-state index contributed by atoms with van der Waals surface area (Å²) >= 11 is 6.02. The van der Waals surface area contributed by atoms with Gasteiger partial charge in [-0.3, -0.25) is 0 Å². The van der Waals surface area contributed by atoms with E-state index in [-0.39, 0.29) is 11.3 Å². The lowest BCUT2D eigenvalue weighted by Gasteiger charge is -2.10. The van der Waals surface area contributed by atoms with Gasteiger partial charge in [-0.2, -0.15) is 18.3 Å². The van der Waals surface area contributed by atoms with Crippen LogP contribution in [0, 0.1) is 0 Å². The zero-order valence-electron chi connectivity index (χ0n) is 11.8. The second kappa shape index (κ2) is 4.96. The minimum atomic E-state index is -4.43. The minimum Gasteiger partial charge on any atom is -0.227 e. The number of fused-ring (bicyclic) bond motifs is 1. The number of halogens is 4. The molecular weight excluding hydrogens is 327 g/mol. The first-order valence-electron chi connectivity index (χ1n) is 7.16. The highest BCUT2D eigenvalue weighted by atomic mass is 35.5. The first kappa shape index (κ1) is 14.5. The molecule has 0 spiro atoms. The van der Waals surface area contributed by atoms with Crippen molar-refractivity contribution >= 4 is 17.2 Å². The zero-order valence-corrected chi connectivity index (χ0v) is 12.6. The Labute approximate surface area is 134 Å². The molecule has 1 aliphatic rings. The van der Waals surface area contributed by atoms with Gasteiger partial charge in [-0.25, -0.2) is 9.50 Å². The molecule has 118 valence electrons. The molecule has 0 unspecified atom stereocenters. The van der Waals surface area contributed by atoms with Crippen LogP contribution in [-0.2, 0) is 6.18 Å². The minimum absolute atomic E-state index is 0.0448. The van der Waals surface area contributed by atoms with Gasteiger partial charge in [0, 0.05) is 11.1 Å². The van der Waals surface area contributed by atoms with E-state index in [1.807, 2.05) is 0 Å². The third-order valence-corrected chi connectivity index (χ3v) is 4.13. The quantitative estimate of drug-likeness (QED) is 0.662. The van der Waals surface area contributed by atoms with Crippen LogP contribution in [0.5, 0.6) is 0 Å². The van der Waals surface area contributed by atoms with E-state index in [0.29, 0.717) is 16.7 Å². The van der Waals surface area contributed by atoms with Gasteiger partial charge in [0.1, 0.15) is 5.15 Å². The van der Waals surface area contributed by atoms with Crippen molar-refractivity contribution in [1.82, 2.24) is 14.6 Å². The predicted molar refractivity (Wildman–Crippen MR) is 80.4 cm³/mol. The molecular formula is C16H11ClF3N3. The molecule has 4 rings (SSSR count). The summed E-state index contributed by atoms with van der Waals surface area (Å²) in [5.41, 5.74) is 1.10. The van der Waals surface area contributed by atoms with Crippen LogP contribution in [0.3, 0.4) is 0 Å². The molecule has 2 heterocycles. The molecule has 1 aliphatic carbocycles. The maximum atomic E-state index is 13.2. The van der Waals surface area contributed by atoms with E-state index in [2.05, 4.69) is 10.1 Å². The highest BCUT2D eigenvalue weighted by molar-refractivity contribution is 6.29. The molecule has 0 atom stereocenters. The molecule has 3 nitrogen and oxygen atoms in total. The van der Waals surface area contributed by atoms with Crippen LogP contribution in [0.4, 0.5) is 13.2 Å². The molecule has 0 aliphatic heterocycles. The van der Waals surface area contributed by atoms with Gasteiger partial charge in [-0.15, -0.1) is 0 Å². The number of imidazole rings is 1. The standard InChI is InChI=1S/C16H11ClF3N3/c17-14-7-11(9-5-6-9)15-21-13(8-23(15)22-14)10-3-1-2-4-12(10)16(18,19)20/h1-4,7-9H,5-6H2. The maximum Gasteiger partial charge on any atom is 0.417 e. The third-order valence-electron chi connectivity index (χ3n) is 3.95. The fourth-order valence-electron chi connectivity index (χ4n) is 2.75. The van der Waals surface area contributed by atoms with E-state index >= 15 is 0 Å². The van der Waals surface area contributed by atoms with Gasteiger partial charge in [-0.1, -0.05) is 29.8 Å². The Morgan fingerprint density at radius 1 is 1.17 bits per heavy atom.